The summed E-state index contributed by atoms with van der Waals surface area (Å²) in [5, 5.41) is 1.10. The third kappa shape index (κ3) is 8.45. The lowest BCUT2D eigenvalue weighted by molar-refractivity contribution is -0.162. The molecule has 0 rings (SSSR count). The number of allylic oxidation sites excluding steroid dienone is 1. The van der Waals surface area contributed by atoms with Gasteiger partial charge in [0.2, 0.25) is 0 Å². The quantitative estimate of drug-likeness (QED) is 0.419. The summed E-state index contributed by atoms with van der Waals surface area (Å²) >= 11 is 0. The van der Waals surface area contributed by atoms with Gasteiger partial charge in [0.05, 0.1) is 7.11 Å². The maximum absolute atomic E-state index is 11.3. The van der Waals surface area contributed by atoms with Crippen LogP contribution >= 0.6 is 0 Å². The number of hydroxylamine groups is 2. The van der Waals surface area contributed by atoms with Crippen molar-refractivity contribution in [2.24, 2.45) is 0 Å². The smallest absolute Gasteiger partial charge is 0.306 e. The molecule has 0 aliphatic heterocycles. The molecule has 0 aliphatic rings. The van der Waals surface area contributed by atoms with Gasteiger partial charge in [-0.2, -0.15) is 0 Å². The molecule has 5 heteroatoms. The molecule has 0 bridgehead atoms. The standard InChI is InChI=1S/C12H21NO4/c1-12(2,3)17-11(15)9-7-6-8-10(14)13(4)16-5/h6,8H,7,9H2,1-5H3/b8-6+. The molecule has 0 aromatic carbocycles. The first-order valence-corrected chi connectivity index (χ1v) is 5.46. The van der Waals surface area contributed by atoms with Crippen LogP contribution < -0.4 is 0 Å². The summed E-state index contributed by atoms with van der Waals surface area (Å²) < 4.78 is 5.12. The third-order valence-electron chi connectivity index (χ3n) is 1.78. The van der Waals surface area contributed by atoms with E-state index in [-0.39, 0.29) is 18.3 Å². The number of rotatable bonds is 5. The fourth-order valence-corrected chi connectivity index (χ4v) is 0.973. The summed E-state index contributed by atoms with van der Waals surface area (Å²) in [6, 6.07) is 0. The second-order valence-electron chi connectivity index (χ2n) is 4.55. The van der Waals surface area contributed by atoms with Crippen LogP contribution in [-0.2, 0) is 19.2 Å². The number of hydrogen-bond donors (Lipinski definition) is 0. The second-order valence-corrected chi connectivity index (χ2v) is 4.55. The van der Waals surface area contributed by atoms with Crippen LogP contribution in [0.2, 0.25) is 0 Å². The van der Waals surface area contributed by atoms with Crippen LogP contribution in [0, 0.1) is 0 Å². The summed E-state index contributed by atoms with van der Waals surface area (Å²) in [6.07, 6.45) is 3.73. The van der Waals surface area contributed by atoms with Gasteiger partial charge in [0.1, 0.15) is 5.60 Å². The van der Waals surface area contributed by atoms with Crippen molar-refractivity contribution in [1.82, 2.24) is 5.06 Å². The Balaban J connectivity index is 3.88. The van der Waals surface area contributed by atoms with Crippen molar-refractivity contribution >= 4 is 11.9 Å². The average Bonchev–Trinajstić information content (AvgIpc) is 2.20. The Morgan fingerprint density at radius 2 is 1.88 bits per heavy atom. The molecule has 1 amide bonds. The van der Waals surface area contributed by atoms with Gasteiger partial charge in [-0.05, 0) is 27.2 Å². The number of carbonyl (C=O) groups is 2. The van der Waals surface area contributed by atoms with Crippen LogP contribution in [0.1, 0.15) is 33.6 Å². The van der Waals surface area contributed by atoms with E-state index in [4.69, 9.17) is 9.57 Å². The highest BCUT2D eigenvalue weighted by atomic mass is 16.7. The molecule has 0 saturated carbocycles. The van der Waals surface area contributed by atoms with Gasteiger partial charge >= 0.3 is 5.97 Å². The monoisotopic (exact) mass is 243 g/mol. The van der Waals surface area contributed by atoms with Crippen molar-refractivity contribution < 1.29 is 19.2 Å². The molecular formula is C12H21NO4. The van der Waals surface area contributed by atoms with E-state index >= 15 is 0 Å². The zero-order valence-electron chi connectivity index (χ0n) is 11.1. The minimum atomic E-state index is -0.465. The van der Waals surface area contributed by atoms with Gasteiger partial charge in [-0.3, -0.25) is 14.4 Å². The molecule has 0 heterocycles. The number of likely N-dealkylation sites (N-methyl/N-ethyl adjacent to an activating group) is 1. The zero-order chi connectivity index (χ0) is 13.5. The number of amides is 1. The molecule has 17 heavy (non-hydrogen) atoms. The second kappa shape index (κ2) is 7.06. The van der Waals surface area contributed by atoms with Gasteiger partial charge in [-0.1, -0.05) is 6.08 Å². The summed E-state index contributed by atoms with van der Waals surface area (Å²) in [5.41, 5.74) is -0.465. The van der Waals surface area contributed by atoms with Crippen LogP contribution in [0.3, 0.4) is 0 Å². The van der Waals surface area contributed by atoms with Crippen molar-refractivity contribution in [2.45, 2.75) is 39.2 Å². The Kier molecular flexibility index (Phi) is 6.50. The first kappa shape index (κ1) is 15.6. The molecule has 0 atom stereocenters. The predicted molar refractivity (Wildman–Crippen MR) is 64.0 cm³/mol. The highest BCUT2D eigenvalue weighted by molar-refractivity contribution is 5.86. The zero-order valence-corrected chi connectivity index (χ0v) is 11.1. The summed E-state index contributed by atoms with van der Waals surface area (Å²) in [6.45, 7) is 5.45. The Morgan fingerprint density at radius 1 is 1.29 bits per heavy atom. The molecule has 0 radical (unpaired) electrons. The fraction of sp³-hybridized carbons (Fsp3) is 0.667. The maximum Gasteiger partial charge on any atom is 0.306 e. The Labute approximate surface area is 102 Å². The van der Waals surface area contributed by atoms with Crippen molar-refractivity contribution in [1.29, 1.82) is 0 Å². The summed E-state index contributed by atoms with van der Waals surface area (Å²) in [7, 11) is 2.92. The van der Waals surface area contributed by atoms with E-state index in [0.29, 0.717) is 6.42 Å². The Morgan fingerprint density at radius 3 is 2.35 bits per heavy atom. The number of ether oxygens (including phenoxy) is 1. The van der Waals surface area contributed by atoms with Gasteiger partial charge < -0.3 is 4.74 Å². The molecule has 0 aromatic rings. The van der Waals surface area contributed by atoms with E-state index in [0.717, 1.165) is 5.06 Å². The van der Waals surface area contributed by atoms with Crippen LogP contribution in [0.15, 0.2) is 12.2 Å². The minimum Gasteiger partial charge on any atom is -0.460 e. The van der Waals surface area contributed by atoms with Gasteiger partial charge in [0.25, 0.3) is 5.91 Å². The third-order valence-corrected chi connectivity index (χ3v) is 1.78. The molecular weight excluding hydrogens is 222 g/mol. The topological polar surface area (TPSA) is 55.8 Å². The van der Waals surface area contributed by atoms with E-state index in [9.17, 15) is 9.59 Å². The van der Waals surface area contributed by atoms with Crippen molar-refractivity contribution in [3.05, 3.63) is 12.2 Å². The SMILES string of the molecule is CON(C)C(=O)/C=C/CCC(=O)OC(C)(C)C. The lowest BCUT2D eigenvalue weighted by Gasteiger charge is -2.19. The molecule has 0 unspecified atom stereocenters. The summed E-state index contributed by atoms with van der Waals surface area (Å²) in [4.78, 5) is 27.3. The molecule has 0 spiro atoms. The van der Waals surface area contributed by atoms with Crippen molar-refractivity contribution in [3.63, 3.8) is 0 Å². The average molecular weight is 243 g/mol. The fourth-order valence-electron chi connectivity index (χ4n) is 0.973. The van der Waals surface area contributed by atoms with Crippen LogP contribution in [0.4, 0.5) is 0 Å². The Bertz CT molecular complexity index is 291. The van der Waals surface area contributed by atoms with E-state index in [2.05, 4.69) is 0 Å². The van der Waals surface area contributed by atoms with E-state index in [1.165, 1.54) is 20.2 Å². The molecule has 0 aliphatic carbocycles. The first-order chi connectivity index (χ1) is 7.76. The van der Waals surface area contributed by atoms with Gasteiger partial charge in [-0.15, -0.1) is 0 Å². The molecule has 0 aromatic heterocycles. The van der Waals surface area contributed by atoms with E-state index < -0.39 is 5.60 Å². The number of hydrogen-bond acceptors (Lipinski definition) is 4. The summed E-state index contributed by atoms with van der Waals surface area (Å²) in [5.74, 6) is -0.536. The van der Waals surface area contributed by atoms with Crippen LogP contribution in [-0.4, -0.2) is 36.7 Å². The van der Waals surface area contributed by atoms with Gasteiger partial charge in [0, 0.05) is 19.5 Å². The molecule has 0 fully saturated rings. The number of carbonyl (C=O) groups excluding carboxylic acids is 2. The highest BCUT2D eigenvalue weighted by Crippen LogP contribution is 2.09. The molecule has 98 valence electrons. The highest BCUT2D eigenvalue weighted by Gasteiger charge is 2.15. The van der Waals surface area contributed by atoms with E-state index in [1.807, 2.05) is 20.8 Å². The van der Waals surface area contributed by atoms with Gasteiger partial charge in [0.15, 0.2) is 0 Å². The normalized spacial score (nSPS) is 11.6. The number of nitrogens with zero attached hydrogens (tertiary/aromatic N) is 1. The van der Waals surface area contributed by atoms with Crippen LogP contribution in [0.5, 0.6) is 0 Å². The predicted octanol–water partition coefficient (Wildman–Crippen LogP) is 1.68. The lowest BCUT2D eigenvalue weighted by Crippen LogP contribution is -2.24. The largest absolute Gasteiger partial charge is 0.460 e. The van der Waals surface area contributed by atoms with Crippen molar-refractivity contribution in [3.8, 4) is 0 Å². The maximum atomic E-state index is 11.3. The van der Waals surface area contributed by atoms with Crippen molar-refractivity contribution in [2.75, 3.05) is 14.2 Å². The minimum absolute atomic E-state index is 0.262. The number of esters is 1. The van der Waals surface area contributed by atoms with Gasteiger partial charge in [-0.25, -0.2) is 5.06 Å². The molecule has 0 saturated heterocycles. The van der Waals surface area contributed by atoms with Crippen LogP contribution in [0.25, 0.3) is 0 Å². The molecule has 0 N–H and O–H groups in total. The Hall–Kier alpha value is -1.36. The molecule has 5 nitrogen and oxygen atoms in total. The van der Waals surface area contributed by atoms with E-state index in [1.54, 1.807) is 6.08 Å². The first-order valence-electron chi connectivity index (χ1n) is 5.46. The lowest BCUT2D eigenvalue weighted by atomic mass is 10.2.